The maximum Gasteiger partial charge on any atom is 0.229 e. The van der Waals surface area contributed by atoms with Crippen molar-refractivity contribution in [3.05, 3.63) is 65.2 Å². The number of rotatable bonds is 4. The Morgan fingerprint density at radius 1 is 1.05 bits per heavy atom. The molecule has 1 amide bonds. The number of hydrogen-bond donors (Lipinski definition) is 1. The summed E-state index contributed by atoms with van der Waals surface area (Å²) >= 11 is 0. The highest BCUT2D eigenvalue weighted by Crippen LogP contribution is 2.15. The fourth-order valence-corrected chi connectivity index (χ4v) is 1.88. The average molecular weight is 289 g/mol. The van der Waals surface area contributed by atoms with Gasteiger partial charge in [0.05, 0.1) is 6.42 Å². The summed E-state index contributed by atoms with van der Waals surface area (Å²) in [4.78, 5) is 23.1. The molecule has 108 valence electrons. The summed E-state index contributed by atoms with van der Waals surface area (Å²) in [6.07, 6.45) is -0.414. The molecule has 0 aromatic heterocycles. The molecule has 0 saturated heterocycles. The Kier molecular flexibility index (Phi) is 4.42. The number of anilines is 1. The van der Waals surface area contributed by atoms with Crippen molar-refractivity contribution >= 4 is 17.4 Å². The van der Waals surface area contributed by atoms with Crippen molar-refractivity contribution in [2.45, 2.75) is 13.3 Å². The highest BCUT2D eigenvalue weighted by Gasteiger charge is 2.13. The van der Waals surface area contributed by atoms with Crippen LogP contribution in [0.2, 0.25) is 0 Å². The molecule has 2 rings (SSSR count). The Hall–Kier alpha value is -2.56. The van der Waals surface area contributed by atoms with Gasteiger partial charge >= 0.3 is 0 Å². The Labute approximate surface area is 120 Å². The predicted octanol–water partition coefficient (Wildman–Crippen LogP) is 3.35. The van der Waals surface area contributed by atoms with E-state index < -0.39 is 24.0 Å². The van der Waals surface area contributed by atoms with Crippen molar-refractivity contribution in [3.8, 4) is 0 Å². The van der Waals surface area contributed by atoms with Crippen LogP contribution in [-0.2, 0) is 11.2 Å². The third kappa shape index (κ3) is 3.72. The summed E-state index contributed by atoms with van der Waals surface area (Å²) in [6, 6.07) is 9.79. The largest absolute Gasteiger partial charge is 0.326 e. The normalized spacial score (nSPS) is 10.2. The number of halogens is 2. The summed E-state index contributed by atoms with van der Waals surface area (Å²) in [6.45, 7) is 1.41. The zero-order valence-electron chi connectivity index (χ0n) is 11.3. The molecule has 0 unspecified atom stereocenters. The summed E-state index contributed by atoms with van der Waals surface area (Å²) < 4.78 is 26.9. The minimum absolute atomic E-state index is 0.133. The van der Waals surface area contributed by atoms with E-state index in [1.807, 2.05) is 0 Å². The van der Waals surface area contributed by atoms with Crippen LogP contribution in [0.3, 0.4) is 0 Å². The average Bonchev–Trinajstić information content (AvgIpc) is 2.43. The van der Waals surface area contributed by atoms with Gasteiger partial charge in [0.1, 0.15) is 11.6 Å². The van der Waals surface area contributed by atoms with Crippen LogP contribution < -0.4 is 5.32 Å². The molecule has 0 radical (unpaired) electrons. The molecule has 0 spiro atoms. The lowest BCUT2D eigenvalue weighted by Crippen LogP contribution is -2.16. The monoisotopic (exact) mass is 289 g/mol. The van der Waals surface area contributed by atoms with Crippen LogP contribution >= 0.6 is 0 Å². The number of amides is 1. The number of benzene rings is 2. The molecule has 21 heavy (non-hydrogen) atoms. The molecule has 0 aliphatic heterocycles. The third-order valence-corrected chi connectivity index (χ3v) is 2.95. The van der Waals surface area contributed by atoms with Gasteiger partial charge in [0.2, 0.25) is 5.91 Å². The van der Waals surface area contributed by atoms with E-state index in [1.54, 1.807) is 18.2 Å². The van der Waals surface area contributed by atoms with E-state index in [2.05, 4.69) is 5.32 Å². The van der Waals surface area contributed by atoms with Crippen LogP contribution in [0.5, 0.6) is 0 Å². The van der Waals surface area contributed by atoms with Crippen molar-refractivity contribution in [2.24, 2.45) is 0 Å². The van der Waals surface area contributed by atoms with Crippen LogP contribution in [0.25, 0.3) is 0 Å². The van der Waals surface area contributed by atoms with Gasteiger partial charge in [-0.15, -0.1) is 0 Å². The maximum atomic E-state index is 13.5. The van der Waals surface area contributed by atoms with Crippen molar-refractivity contribution in [2.75, 3.05) is 5.32 Å². The van der Waals surface area contributed by atoms with Gasteiger partial charge in [0.15, 0.2) is 5.78 Å². The van der Waals surface area contributed by atoms with Gasteiger partial charge in [-0.25, -0.2) is 8.78 Å². The molecule has 2 aromatic carbocycles. The van der Waals surface area contributed by atoms with Crippen LogP contribution in [0.1, 0.15) is 22.8 Å². The van der Waals surface area contributed by atoms with Crippen molar-refractivity contribution in [1.82, 2.24) is 0 Å². The summed E-state index contributed by atoms with van der Waals surface area (Å²) in [7, 11) is 0. The second kappa shape index (κ2) is 6.26. The Balaban J connectivity index is 2.12. The molecule has 5 heteroatoms. The zero-order valence-corrected chi connectivity index (χ0v) is 11.3. The molecule has 0 fully saturated rings. The van der Waals surface area contributed by atoms with Gasteiger partial charge in [-0.2, -0.15) is 0 Å². The molecule has 1 N–H and O–H groups in total. The van der Waals surface area contributed by atoms with Crippen molar-refractivity contribution < 1.29 is 18.4 Å². The molecular weight excluding hydrogens is 276 g/mol. The van der Waals surface area contributed by atoms with Crippen LogP contribution in [0.4, 0.5) is 14.5 Å². The fraction of sp³-hybridized carbons (Fsp3) is 0.125. The maximum absolute atomic E-state index is 13.5. The first-order valence-electron chi connectivity index (χ1n) is 6.31. The van der Waals surface area contributed by atoms with Crippen LogP contribution in [-0.4, -0.2) is 11.7 Å². The minimum Gasteiger partial charge on any atom is -0.326 e. The molecule has 2 aromatic rings. The lowest BCUT2D eigenvalue weighted by Gasteiger charge is -2.08. The third-order valence-electron chi connectivity index (χ3n) is 2.95. The molecule has 0 bridgehead atoms. The molecule has 0 aliphatic carbocycles. The van der Waals surface area contributed by atoms with Gasteiger partial charge in [-0.1, -0.05) is 18.2 Å². The van der Waals surface area contributed by atoms with Crippen LogP contribution in [0.15, 0.2) is 42.5 Å². The Morgan fingerprint density at radius 2 is 1.67 bits per heavy atom. The minimum atomic E-state index is -0.761. The molecule has 0 atom stereocenters. The van der Waals surface area contributed by atoms with Gasteiger partial charge in [-0.3, -0.25) is 9.59 Å². The zero-order chi connectivity index (χ0) is 15.4. The molecule has 3 nitrogen and oxygen atoms in total. The van der Waals surface area contributed by atoms with Gasteiger partial charge < -0.3 is 5.32 Å². The fourth-order valence-electron chi connectivity index (χ4n) is 1.88. The number of ketones is 1. The lowest BCUT2D eigenvalue weighted by molar-refractivity contribution is -0.115. The van der Waals surface area contributed by atoms with Gasteiger partial charge in [-0.05, 0) is 31.2 Å². The smallest absolute Gasteiger partial charge is 0.229 e. The predicted molar refractivity (Wildman–Crippen MR) is 75.1 cm³/mol. The molecule has 0 heterocycles. The summed E-state index contributed by atoms with van der Waals surface area (Å²) in [5.74, 6) is -2.21. The SMILES string of the molecule is CC(=O)c1cccc(NC(=O)Cc2c(F)cccc2F)c1. The first-order valence-corrected chi connectivity index (χ1v) is 6.31. The van der Waals surface area contributed by atoms with E-state index in [-0.39, 0.29) is 11.3 Å². The number of hydrogen-bond acceptors (Lipinski definition) is 2. The molecular formula is C16H13F2NO2. The van der Waals surface area contributed by atoms with Crippen LogP contribution in [0, 0.1) is 11.6 Å². The summed E-state index contributed by atoms with van der Waals surface area (Å²) in [5.41, 5.74) is 0.576. The van der Waals surface area contributed by atoms with Gasteiger partial charge in [0, 0.05) is 16.8 Å². The second-order valence-electron chi connectivity index (χ2n) is 4.56. The van der Waals surface area contributed by atoms with E-state index in [4.69, 9.17) is 0 Å². The molecule has 0 saturated carbocycles. The van der Waals surface area contributed by atoms with E-state index >= 15 is 0 Å². The van der Waals surface area contributed by atoms with Crippen molar-refractivity contribution in [3.63, 3.8) is 0 Å². The Morgan fingerprint density at radius 3 is 2.29 bits per heavy atom. The van der Waals surface area contributed by atoms with E-state index in [0.29, 0.717) is 11.3 Å². The summed E-state index contributed by atoms with van der Waals surface area (Å²) in [5, 5.41) is 2.52. The van der Waals surface area contributed by atoms with E-state index in [0.717, 1.165) is 12.1 Å². The van der Waals surface area contributed by atoms with E-state index in [9.17, 15) is 18.4 Å². The highest BCUT2D eigenvalue weighted by atomic mass is 19.1. The first-order chi connectivity index (χ1) is 9.97. The van der Waals surface area contributed by atoms with E-state index in [1.165, 1.54) is 19.1 Å². The molecule has 0 aliphatic rings. The highest BCUT2D eigenvalue weighted by molar-refractivity contribution is 5.97. The Bertz CT molecular complexity index is 678. The standard InChI is InChI=1S/C16H13F2NO2/c1-10(20)11-4-2-5-12(8-11)19-16(21)9-13-14(17)6-3-7-15(13)18/h2-8H,9H2,1H3,(H,19,21). The number of carbonyl (C=O) groups is 2. The van der Waals surface area contributed by atoms with Gasteiger partial charge in [0.25, 0.3) is 0 Å². The quantitative estimate of drug-likeness (QED) is 0.877. The first kappa shape index (κ1) is 14.8. The lowest BCUT2D eigenvalue weighted by atomic mass is 10.1. The number of carbonyl (C=O) groups excluding carboxylic acids is 2. The van der Waals surface area contributed by atoms with Crippen molar-refractivity contribution in [1.29, 1.82) is 0 Å². The number of nitrogens with one attached hydrogen (secondary N) is 1. The topological polar surface area (TPSA) is 46.2 Å². The second-order valence-corrected chi connectivity index (χ2v) is 4.56. The number of Topliss-reactive ketones (excluding diaryl/α,β-unsaturated/α-hetero) is 1.